The molecule has 0 saturated carbocycles. The van der Waals surface area contributed by atoms with Gasteiger partial charge in [-0.05, 0) is 68.1 Å². The van der Waals surface area contributed by atoms with Crippen molar-refractivity contribution in [2.75, 3.05) is 44.8 Å². The summed E-state index contributed by atoms with van der Waals surface area (Å²) in [5.41, 5.74) is 1.26. The third-order valence-electron chi connectivity index (χ3n) is 7.08. The van der Waals surface area contributed by atoms with Gasteiger partial charge >= 0.3 is 0 Å². The van der Waals surface area contributed by atoms with Crippen LogP contribution in [-0.4, -0.2) is 71.6 Å². The molecule has 0 fully saturated rings. The number of hydrogen-bond donors (Lipinski definition) is 1. The number of benzene rings is 3. The van der Waals surface area contributed by atoms with Crippen LogP contribution in [0.15, 0.2) is 77.7 Å². The second-order valence-corrected chi connectivity index (χ2v) is 11.9. The van der Waals surface area contributed by atoms with E-state index in [0.29, 0.717) is 37.5 Å². The number of carbonyl (C=O) groups excluding carboxylic acids is 2. The normalized spacial score (nSPS) is 11.8. The Morgan fingerprint density at radius 1 is 0.886 bits per heavy atom. The highest BCUT2D eigenvalue weighted by molar-refractivity contribution is 7.92. The largest absolute Gasteiger partial charge is 0.494 e. The highest BCUT2D eigenvalue weighted by Gasteiger charge is 2.34. The van der Waals surface area contributed by atoms with E-state index in [1.165, 1.54) is 37.3 Å². The number of hydrogen-bond acceptors (Lipinski definition) is 7. The number of anilines is 1. The molecule has 0 spiro atoms. The third kappa shape index (κ3) is 8.66. The lowest BCUT2D eigenvalue weighted by Crippen LogP contribution is -2.53. The van der Waals surface area contributed by atoms with Gasteiger partial charge in [-0.1, -0.05) is 44.2 Å². The average Bonchev–Trinajstić information content (AvgIpc) is 3.04. The van der Waals surface area contributed by atoms with E-state index < -0.39 is 28.5 Å². The highest BCUT2D eigenvalue weighted by Crippen LogP contribution is 2.33. The van der Waals surface area contributed by atoms with Gasteiger partial charge in [-0.15, -0.1) is 0 Å². The fourth-order valence-corrected chi connectivity index (χ4v) is 6.20. The molecule has 238 valence electrons. The smallest absolute Gasteiger partial charge is 0.264 e. The first-order chi connectivity index (χ1) is 21.2. The van der Waals surface area contributed by atoms with Crippen LogP contribution in [-0.2, 0) is 26.0 Å². The zero-order valence-electron chi connectivity index (χ0n) is 26.1. The van der Waals surface area contributed by atoms with Gasteiger partial charge in [0, 0.05) is 19.2 Å². The van der Waals surface area contributed by atoms with Crippen molar-refractivity contribution in [1.29, 1.82) is 0 Å². The molecule has 0 aliphatic rings. The van der Waals surface area contributed by atoms with Crippen molar-refractivity contribution >= 4 is 27.5 Å². The molecule has 2 amide bonds. The lowest BCUT2D eigenvalue weighted by Gasteiger charge is -2.33. The Bertz CT molecular complexity index is 1460. The molecular weight excluding hydrogens is 582 g/mol. The van der Waals surface area contributed by atoms with E-state index in [9.17, 15) is 18.0 Å². The van der Waals surface area contributed by atoms with Crippen molar-refractivity contribution in [1.82, 2.24) is 10.2 Å². The molecule has 0 aliphatic heterocycles. The zero-order valence-corrected chi connectivity index (χ0v) is 26.9. The summed E-state index contributed by atoms with van der Waals surface area (Å²) < 4.78 is 45.7. The van der Waals surface area contributed by atoms with E-state index >= 15 is 0 Å². The zero-order chi connectivity index (χ0) is 32.1. The molecule has 10 nitrogen and oxygen atoms in total. The summed E-state index contributed by atoms with van der Waals surface area (Å²) in [7, 11) is -1.41. The van der Waals surface area contributed by atoms with Gasteiger partial charge in [0.15, 0.2) is 11.5 Å². The maximum atomic E-state index is 14.2. The van der Waals surface area contributed by atoms with Crippen LogP contribution in [0.25, 0.3) is 0 Å². The van der Waals surface area contributed by atoms with Crippen LogP contribution in [0.2, 0.25) is 0 Å². The van der Waals surface area contributed by atoms with E-state index in [-0.39, 0.29) is 28.8 Å². The van der Waals surface area contributed by atoms with Crippen LogP contribution in [0.4, 0.5) is 5.69 Å². The van der Waals surface area contributed by atoms with Gasteiger partial charge in [0.05, 0.1) is 31.4 Å². The van der Waals surface area contributed by atoms with Crippen LogP contribution < -0.4 is 23.8 Å². The lowest BCUT2D eigenvalue weighted by atomic mass is 10.1. The minimum Gasteiger partial charge on any atom is -0.494 e. The Hall–Kier alpha value is -4.25. The number of rotatable bonds is 17. The van der Waals surface area contributed by atoms with Crippen LogP contribution >= 0.6 is 0 Å². The van der Waals surface area contributed by atoms with Gasteiger partial charge in [-0.25, -0.2) is 8.42 Å². The third-order valence-corrected chi connectivity index (χ3v) is 8.85. The molecule has 3 rings (SSSR count). The number of amides is 2. The molecule has 0 radical (unpaired) electrons. The van der Waals surface area contributed by atoms with Gasteiger partial charge in [0.2, 0.25) is 11.8 Å². The fourth-order valence-electron chi connectivity index (χ4n) is 4.77. The number of nitrogens with zero attached hydrogens (tertiary/aromatic N) is 2. The first-order valence-corrected chi connectivity index (χ1v) is 16.2. The van der Waals surface area contributed by atoms with E-state index in [1.54, 1.807) is 24.3 Å². The molecule has 11 heteroatoms. The monoisotopic (exact) mass is 625 g/mol. The molecule has 0 unspecified atom stereocenters. The number of nitrogens with one attached hydrogen (secondary N) is 1. The fraction of sp³-hybridized carbons (Fsp3) is 0.394. The van der Waals surface area contributed by atoms with Gasteiger partial charge in [0.1, 0.15) is 18.3 Å². The quantitative estimate of drug-likeness (QED) is 0.232. The maximum absolute atomic E-state index is 14.2. The SMILES string of the molecule is CCCNC(=O)[C@H](CC)N(CCc1ccccc1)C(=O)CN(c1ccc(OCC)cc1)S(=O)(=O)c1ccc(OC)c(OC)c1. The first kappa shape index (κ1) is 34.2. The van der Waals surface area contributed by atoms with Gasteiger partial charge in [-0.3, -0.25) is 13.9 Å². The lowest BCUT2D eigenvalue weighted by molar-refractivity contribution is -0.139. The number of methoxy groups -OCH3 is 2. The number of carbonyl (C=O) groups is 2. The van der Waals surface area contributed by atoms with Crippen LogP contribution in [0.3, 0.4) is 0 Å². The Morgan fingerprint density at radius 3 is 2.16 bits per heavy atom. The molecule has 44 heavy (non-hydrogen) atoms. The molecule has 0 saturated heterocycles. The second kappa shape index (κ2) is 16.6. The molecule has 1 N–H and O–H groups in total. The topological polar surface area (TPSA) is 114 Å². The Labute approximate surface area is 261 Å². The molecule has 3 aromatic rings. The summed E-state index contributed by atoms with van der Waals surface area (Å²) in [5, 5.41) is 2.90. The van der Waals surface area contributed by atoms with Gasteiger partial charge < -0.3 is 24.4 Å². The molecule has 1 atom stereocenters. The molecule has 3 aromatic carbocycles. The summed E-state index contributed by atoms with van der Waals surface area (Å²) in [6.45, 7) is 6.26. The summed E-state index contributed by atoms with van der Waals surface area (Å²) in [6.07, 6.45) is 1.60. The van der Waals surface area contributed by atoms with Gasteiger partial charge in [0.25, 0.3) is 10.0 Å². The first-order valence-electron chi connectivity index (χ1n) is 14.8. The summed E-state index contributed by atoms with van der Waals surface area (Å²) in [6, 6.07) is 19.6. The van der Waals surface area contributed by atoms with Crippen molar-refractivity contribution in [2.45, 2.75) is 51.0 Å². The van der Waals surface area contributed by atoms with Crippen molar-refractivity contribution in [3.8, 4) is 17.2 Å². The summed E-state index contributed by atoms with van der Waals surface area (Å²) in [4.78, 5) is 28.8. The predicted molar refractivity (Wildman–Crippen MR) is 171 cm³/mol. The standard InChI is InChI=1S/C33H43N3O7S/c1-6-21-34-33(38)29(7-2)35(22-20-25-12-10-9-11-13-25)32(37)24-36(26-14-16-27(17-15-26)43-8-3)44(39,40)28-18-19-30(41-4)31(23-28)42-5/h9-19,23,29H,6-8,20-22,24H2,1-5H3,(H,34,38)/t29-/m0/s1. The number of sulfonamides is 1. The average molecular weight is 626 g/mol. The van der Waals surface area contributed by atoms with Crippen molar-refractivity contribution in [2.24, 2.45) is 0 Å². The van der Waals surface area contributed by atoms with Crippen LogP contribution in [0.1, 0.15) is 39.2 Å². The summed E-state index contributed by atoms with van der Waals surface area (Å²) in [5.74, 6) is 0.387. The molecular formula is C33H43N3O7S. The highest BCUT2D eigenvalue weighted by atomic mass is 32.2. The van der Waals surface area contributed by atoms with Crippen molar-refractivity contribution in [3.05, 3.63) is 78.4 Å². The van der Waals surface area contributed by atoms with E-state index in [0.717, 1.165) is 16.3 Å². The number of ether oxygens (including phenoxy) is 3. The minimum atomic E-state index is -4.29. The van der Waals surface area contributed by atoms with E-state index in [4.69, 9.17) is 14.2 Å². The van der Waals surface area contributed by atoms with Crippen LogP contribution in [0.5, 0.6) is 17.2 Å². The molecule has 0 heterocycles. The van der Waals surface area contributed by atoms with E-state index in [2.05, 4.69) is 5.32 Å². The van der Waals surface area contributed by atoms with Crippen molar-refractivity contribution in [3.63, 3.8) is 0 Å². The Balaban J connectivity index is 2.05. The van der Waals surface area contributed by atoms with Crippen molar-refractivity contribution < 1.29 is 32.2 Å². The molecule has 0 aromatic heterocycles. The maximum Gasteiger partial charge on any atom is 0.264 e. The molecule has 0 bridgehead atoms. The van der Waals surface area contributed by atoms with E-state index in [1.807, 2.05) is 51.1 Å². The minimum absolute atomic E-state index is 0.0830. The second-order valence-electron chi connectivity index (χ2n) is 9.99. The van der Waals surface area contributed by atoms with Gasteiger partial charge in [-0.2, -0.15) is 0 Å². The molecule has 0 aliphatic carbocycles. The Kier molecular flexibility index (Phi) is 12.9. The predicted octanol–water partition coefficient (Wildman–Crippen LogP) is 4.67. The Morgan fingerprint density at radius 2 is 1.57 bits per heavy atom. The summed E-state index contributed by atoms with van der Waals surface area (Å²) >= 11 is 0. The van der Waals surface area contributed by atoms with Crippen LogP contribution in [0, 0.1) is 0 Å².